The Morgan fingerprint density at radius 1 is 0.957 bits per heavy atom. The second kappa shape index (κ2) is 9.47. The first-order valence-corrected chi connectivity index (χ1v) is 8.61. The van der Waals surface area contributed by atoms with Crippen LogP contribution in [0.5, 0.6) is 0 Å². The van der Waals surface area contributed by atoms with Gasteiger partial charge in [0.2, 0.25) is 0 Å². The van der Waals surface area contributed by atoms with E-state index in [9.17, 15) is 0 Å². The van der Waals surface area contributed by atoms with Gasteiger partial charge < -0.3 is 10.2 Å². The Bertz CT molecular complexity index is 492. The minimum Gasteiger partial charge on any atom is -0.352 e. The number of hydrogen-bond acceptors (Lipinski definition) is 4. The lowest BCUT2D eigenvalue weighted by atomic mass is 10.1. The number of aliphatic imine (C=N–C) groups is 1. The number of halogens is 1. The van der Waals surface area contributed by atoms with Gasteiger partial charge >= 0.3 is 0 Å². The Morgan fingerprint density at radius 2 is 1.61 bits per heavy atom. The number of likely N-dealkylation sites (N-methyl/N-ethyl adjacent to an activating group) is 1. The van der Waals surface area contributed by atoms with Crippen LogP contribution in [-0.2, 0) is 13.1 Å². The second-order valence-corrected chi connectivity index (χ2v) is 6.49. The molecular formula is C18H29IN4. The molecule has 1 N–H and O–H groups in total. The van der Waals surface area contributed by atoms with E-state index in [1.807, 2.05) is 0 Å². The van der Waals surface area contributed by atoms with Crippen molar-refractivity contribution in [2.24, 2.45) is 4.99 Å². The molecule has 5 heteroatoms. The van der Waals surface area contributed by atoms with Gasteiger partial charge in [-0.05, 0) is 37.1 Å². The lowest BCUT2D eigenvalue weighted by Crippen LogP contribution is -2.35. The van der Waals surface area contributed by atoms with Crippen molar-refractivity contribution in [3.63, 3.8) is 0 Å². The molecule has 23 heavy (non-hydrogen) atoms. The fourth-order valence-electron chi connectivity index (χ4n) is 3.22. The molecule has 0 atom stereocenters. The molecule has 2 aliphatic rings. The molecule has 1 aromatic rings. The molecule has 0 amide bonds. The van der Waals surface area contributed by atoms with E-state index >= 15 is 0 Å². The molecule has 0 spiro atoms. The summed E-state index contributed by atoms with van der Waals surface area (Å²) in [5.41, 5.74) is 2.75. The maximum Gasteiger partial charge on any atom is 0.194 e. The minimum absolute atomic E-state index is 0. The summed E-state index contributed by atoms with van der Waals surface area (Å²) < 4.78 is 0. The average Bonchev–Trinajstić information content (AvgIpc) is 2.78. The number of guanidine groups is 1. The van der Waals surface area contributed by atoms with E-state index in [1.165, 1.54) is 49.9 Å². The molecule has 4 nitrogen and oxygen atoms in total. The van der Waals surface area contributed by atoms with Crippen LogP contribution in [0.25, 0.3) is 0 Å². The smallest absolute Gasteiger partial charge is 0.194 e. The van der Waals surface area contributed by atoms with E-state index in [2.05, 4.69) is 51.4 Å². The van der Waals surface area contributed by atoms with Crippen LogP contribution in [0.15, 0.2) is 29.3 Å². The van der Waals surface area contributed by atoms with E-state index in [0.29, 0.717) is 0 Å². The highest BCUT2D eigenvalue weighted by Gasteiger charge is 2.12. The first-order chi connectivity index (χ1) is 10.8. The summed E-state index contributed by atoms with van der Waals surface area (Å²) in [6, 6.07) is 9.05. The number of rotatable bonds is 4. The average molecular weight is 428 g/mol. The third kappa shape index (κ3) is 5.64. The first kappa shape index (κ1) is 18.5. The maximum atomic E-state index is 4.46. The molecule has 1 fully saturated rings. The monoisotopic (exact) mass is 428 g/mol. The number of nitrogens with one attached hydrogen (secondary N) is 1. The van der Waals surface area contributed by atoms with E-state index in [0.717, 1.165) is 32.1 Å². The van der Waals surface area contributed by atoms with Crippen LogP contribution in [0.2, 0.25) is 0 Å². The molecule has 0 aromatic heterocycles. The number of hydrogen-bond donors (Lipinski definition) is 1. The molecule has 128 valence electrons. The van der Waals surface area contributed by atoms with Crippen LogP contribution in [0, 0.1) is 0 Å². The van der Waals surface area contributed by atoms with Crippen molar-refractivity contribution in [1.82, 2.24) is 15.1 Å². The Kier molecular flexibility index (Phi) is 7.62. The fraction of sp³-hybridized carbons (Fsp3) is 0.611. The van der Waals surface area contributed by atoms with Crippen molar-refractivity contribution in [2.45, 2.75) is 38.8 Å². The van der Waals surface area contributed by atoms with Gasteiger partial charge in [0.15, 0.2) is 5.96 Å². The van der Waals surface area contributed by atoms with Gasteiger partial charge in [-0.15, -0.1) is 24.0 Å². The van der Waals surface area contributed by atoms with Crippen LogP contribution >= 0.6 is 24.0 Å². The third-order valence-corrected chi connectivity index (χ3v) is 4.64. The molecule has 1 aromatic carbocycles. The molecule has 3 rings (SSSR count). The van der Waals surface area contributed by atoms with Gasteiger partial charge in [-0.25, -0.2) is 0 Å². The van der Waals surface area contributed by atoms with Gasteiger partial charge in [0.1, 0.15) is 0 Å². The Morgan fingerprint density at radius 3 is 2.22 bits per heavy atom. The second-order valence-electron chi connectivity index (χ2n) is 6.49. The van der Waals surface area contributed by atoms with Gasteiger partial charge in [0, 0.05) is 26.7 Å². The zero-order valence-corrected chi connectivity index (χ0v) is 16.5. The van der Waals surface area contributed by atoms with Crippen molar-refractivity contribution in [3.8, 4) is 0 Å². The first-order valence-electron chi connectivity index (χ1n) is 8.61. The zero-order valence-electron chi connectivity index (χ0n) is 14.1. The van der Waals surface area contributed by atoms with E-state index in [1.54, 1.807) is 0 Å². The standard InChI is InChI=1S/C18H28N4.HI/c1-21-13-10-19-18(21)20-14-16-6-8-17(9-7-16)15-22-11-4-2-3-5-12-22;/h6-9H,2-5,10-15H2,1H3,(H,19,20);1H. The molecule has 0 unspecified atom stereocenters. The van der Waals surface area contributed by atoms with E-state index in [-0.39, 0.29) is 24.0 Å². The Balaban J connectivity index is 0.00000192. The maximum absolute atomic E-state index is 4.46. The van der Waals surface area contributed by atoms with Crippen molar-refractivity contribution in [2.75, 3.05) is 33.2 Å². The zero-order chi connectivity index (χ0) is 15.2. The summed E-state index contributed by atoms with van der Waals surface area (Å²) in [4.78, 5) is 9.23. The summed E-state index contributed by atoms with van der Waals surface area (Å²) in [7, 11) is 2.09. The number of benzene rings is 1. The van der Waals surface area contributed by atoms with Gasteiger partial charge in [0.05, 0.1) is 6.54 Å². The molecule has 0 bridgehead atoms. The van der Waals surface area contributed by atoms with Gasteiger partial charge in [-0.1, -0.05) is 37.1 Å². The van der Waals surface area contributed by atoms with Gasteiger partial charge in [0.25, 0.3) is 0 Å². The number of nitrogens with zero attached hydrogens (tertiary/aromatic N) is 3. The quantitative estimate of drug-likeness (QED) is 0.748. The van der Waals surface area contributed by atoms with Crippen LogP contribution in [-0.4, -0.2) is 49.0 Å². The normalized spacial score (nSPS) is 19.0. The molecule has 0 saturated carbocycles. The molecule has 0 aliphatic carbocycles. The van der Waals surface area contributed by atoms with Crippen LogP contribution in [0.1, 0.15) is 36.8 Å². The Hall–Kier alpha value is -0.820. The summed E-state index contributed by atoms with van der Waals surface area (Å²) >= 11 is 0. The van der Waals surface area contributed by atoms with E-state index < -0.39 is 0 Å². The van der Waals surface area contributed by atoms with Crippen molar-refractivity contribution < 1.29 is 0 Å². The van der Waals surface area contributed by atoms with Gasteiger partial charge in [-0.2, -0.15) is 0 Å². The predicted octanol–water partition coefficient (Wildman–Crippen LogP) is 3.07. The summed E-state index contributed by atoms with van der Waals surface area (Å²) in [6.07, 6.45) is 5.52. The fourth-order valence-corrected chi connectivity index (χ4v) is 3.22. The van der Waals surface area contributed by atoms with E-state index in [4.69, 9.17) is 0 Å². The summed E-state index contributed by atoms with van der Waals surface area (Å²) in [5.74, 6) is 1.02. The van der Waals surface area contributed by atoms with Crippen LogP contribution in [0.4, 0.5) is 0 Å². The lowest BCUT2D eigenvalue weighted by molar-refractivity contribution is 0.277. The van der Waals surface area contributed by atoms with Crippen LogP contribution < -0.4 is 5.32 Å². The molecule has 2 aliphatic heterocycles. The highest BCUT2D eigenvalue weighted by Crippen LogP contribution is 2.14. The summed E-state index contributed by atoms with van der Waals surface area (Å²) in [6.45, 7) is 6.41. The largest absolute Gasteiger partial charge is 0.352 e. The van der Waals surface area contributed by atoms with Gasteiger partial charge in [-0.3, -0.25) is 9.89 Å². The molecular weight excluding hydrogens is 399 g/mol. The molecule has 0 radical (unpaired) electrons. The summed E-state index contributed by atoms with van der Waals surface area (Å²) in [5, 5.41) is 3.42. The van der Waals surface area contributed by atoms with Crippen LogP contribution in [0.3, 0.4) is 0 Å². The predicted molar refractivity (Wildman–Crippen MR) is 107 cm³/mol. The number of likely N-dealkylation sites (tertiary alicyclic amines) is 1. The third-order valence-electron chi connectivity index (χ3n) is 4.64. The highest BCUT2D eigenvalue weighted by molar-refractivity contribution is 14.0. The van der Waals surface area contributed by atoms with Crippen molar-refractivity contribution in [3.05, 3.63) is 35.4 Å². The lowest BCUT2D eigenvalue weighted by Gasteiger charge is -2.20. The minimum atomic E-state index is 0. The Labute approximate surface area is 157 Å². The SMILES string of the molecule is CN1CCN=C1NCc1ccc(CN2CCCCCC2)cc1.I. The van der Waals surface area contributed by atoms with Crippen molar-refractivity contribution in [1.29, 1.82) is 0 Å². The highest BCUT2D eigenvalue weighted by atomic mass is 127. The molecule has 1 saturated heterocycles. The van der Waals surface area contributed by atoms with Crippen molar-refractivity contribution >= 4 is 29.9 Å². The molecule has 2 heterocycles. The topological polar surface area (TPSA) is 30.9 Å².